The first-order valence-electron chi connectivity index (χ1n) is 10.7. The Bertz CT molecular complexity index is 1430. The molecule has 8 heteroatoms. The minimum atomic E-state index is -0.365. The zero-order chi connectivity index (χ0) is 23.7. The number of aromatic nitrogens is 1. The van der Waals surface area contributed by atoms with E-state index in [1.54, 1.807) is 54.7 Å². The highest BCUT2D eigenvalue weighted by molar-refractivity contribution is 7.18. The maximum Gasteiger partial charge on any atom is 0.261 e. The highest BCUT2D eigenvalue weighted by Crippen LogP contribution is 2.32. The number of halogens is 1. The van der Waals surface area contributed by atoms with Gasteiger partial charge in [0.05, 0.1) is 21.3 Å². The molecule has 0 aliphatic heterocycles. The van der Waals surface area contributed by atoms with E-state index in [1.807, 2.05) is 24.3 Å². The van der Waals surface area contributed by atoms with Crippen molar-refractivity contribution in [3.8, 4) is 5.69 Å². The number of hydrogen-bond acceptors (Lipinski definition) is 4. The Balaban J connectivity index is 1.35. The minimum Gasteiger partial charge on any atom is -0.347 e. The molecule has 1 aliphatic carbocycles. The largest absolute Gasteiger partial charge is 0.347 e. The molecule has 2 amide bonds. The predicted molar refractivity (Wildman–Crippen MR) is 133 cm³/mol. The Morgan fingerprint density at radius 2 is 1.65 bits per heavy atom. The van der Waals surface area contributed by atoms with E-state index in [0.717, 1.165) is 11.1 Å². The summed E-state index contributed by atoms with van der Waals surface area (Å²) in [5.41, 5.74) is 3.08. The molecule has 2 heterocycles. The van der Waals surface area contributed by atoms with Crippen molar-refractivity contribution in [2.45, 2.75) is 18.5 Å². The molecule has 0 saturated carbocycles. The van der Waals surface area contributed by atoms with Crippen LogP contribution in [0, 0.1) is 0 Å². The fraction of sp³-hybridized carbons (Fsp3) is 0.115. The number of carbonyl (C=O) groups excluding carboxylic acids is 2. The standard InChI is InChI=1S/C26H20ClN3O3S/c27-22-13-12-21(34-22)26(33)29-24-19-6-2-1-5-17(19)15-20(24)28-25(32)16-8-10-18(11-9-16)30-14-4-3-7-23(30)31/h1-14,20,24H,15H2,(H,28,32)(H,29,33)/t20-,24+/m0/s1. The second-order valence-electron chi connectivity index (χ2n) is 7.99. The maximum absolute atomic E-state index is 13.1. The van der Waals surface area contributed by atoms with Gasteiger partial charge in [0, 0.05) is 23.5 Å². The van der Waals surface area contributed by atoms with Crippen LogP contribution in [-0.4, -0.2) is 22.4 Å². The van der Waals surface area contributed by atoms with Crippen molar-refractivity contribution in [1.29, 1.82) is 0 Å². The zero-order valence-corrected chi connectivity index (χ0v) is 19.5. The second-order valence-corrected chi connectivity index (χ2v) is 9.71. The van der Waals surface area contributed by atoms with Crippen LogP contribution >= 0.6 is 22.9 Å². The summed E-state index contributed by atoms with van der Waals surface area (Å²) < 4.78 is 2.06. The number of fused-ring (bicyclic) bond motifs is 1. The van der Waals surface area contributed by atoms with Crippen molar-refractivity contribution in [2.75, 3.05) is 0 Å². The second kappa shape index (κ2) is 9.29. The number of nitrogens with one attached hydrogen (secondary N) is 2. The Labute approximate surface area is 204 Å². The summed E-state index contributed by atoms with van der Waals surface area (Å²) in [4.78, 5) is 38.5. The lowest BCUT2D eigenvalue weighted by molar-refractivity contribution is 0.0890. The first kappa shape index (κ1) is 22.1. The molecule has 0 spiro atoms. The van der Waals surface area contributed by atoms with Crippen LogP contribution in [0.2, 0.25) is 4.34 Å². The van der Waals surface area contributed by atoms with Gasteiger partial charge in [0.15, 0.2) is 0 Å². The van der Waals surface area contributed by atoms with Crippen LogP contribution in [0.3, 0.4) is 0 Å². The predicted octanol–water partition coefficient (Wildman–Crippen LogP) is 4.38. The van der Waals surface area contributed by atoms with Gasteiger partial charge in [-0.05, 0) is 60.0 Å². The number of nitrogens with zero attached hydrogens (tertiary/aromatic N) is 1. The van der Waals surface area contributed by atoms with Crippen LogP contribution in [0.15, 0.2) is 89.9 Å². The van der Waals surface area contributed by atoms with Crippen LogP contribution in [0.25, 0.3) is 5.69 Å². The van der Waals surface area contributed by atoms with Gasteiger partial charge in [-0.25, -0.2) is 0 Å². The van der Waals surface area contributed by atoms with Crippen molar-refractivity contribution in [3.63, 3.8) is 0 Å². The zero-order valence-electron chi connectivity index (χ0n) is 17.9. The van der Waals surface area contributed by atoms with Crippen LogP contribution < -0.4 is 16.2 Å². The average molecular weight is 490 g/mol. The number of benzene rings is 2. The number of thiophene rings is 1. The van der Waals surface area contributed by atoms with E-state index in [2.05, 4.69) is 10.6 Å². The third-order valence-electron chi connectivity index (χ3n) is 5.86. The summed E-state index contributed by atoms with van der Waals surface area (Å²) in [6, 6.07) is 22.4. The number of rotatable bonds is 5. The number of amides is 2. The third kappa shape index (κ3) is 4.40. The average Bonchev–Trinajstić information content (AvgIpc) is 3.43. The third-order valence-corrected chi connectivity index (χ3v) is 7.09. The van der Waals surface area contributed by atoms with E-state index in [9.17, 15) is 14.4 Å². The van der Waals surface area contributed by atoms with Crippen molar-refractivity contribution < 1.29 is 9.59 Å². The number of hydrogen-bond donors (Lipinski definition) is 2. The van der Waals surface area contributed by atoms with Gasteiger partial charge in [0.25, 0.3) is 17.4 Å². The molecule has 0 unspecified atom stereocenters. The molecule has 2 aromatic heterocycles. The molecule has 170 valence electrons. The molecule has 2 N–H and O–H groups in total. The quantitative estimate of drug-likeness (QED) is 0.436. The Kier molecular flexibility index (Phi) is 6.04. The lowest BCUT2D eigenvalue weighted by Gasteiger charge is -2.23. The van der Waals surface area contributed by atoms with Crippen molar-refractivity contribution in [3.05, 3.63) is 121 Å². The molecule has 2 aromatic carbocycles. The topological polar surface area (TPSA) is 80.2 Å². The first-order chi connectivity index (χ1) is 16.5. The Morgan fingerprint density at radius 1 is 0.882 bits per heavy atom. The SMILES string of the molecule is O=C(N[C@H]1Cc2ccccc2[C@H]1NC(=O)c1ccc(Cl)s1)c1ccc(-n2ccccc2=O)cc1. The summed E-state index contributed by atoms with van der Waals surface area (Å²) in [5.74, 6) is -0.473. The van der Waals surface area contributed by atoms with Gasteiger partial charge in [-0.2, -0.15) is 0 Å². The van der Waals surface area contributed by atoms with Crippen LogP contribution in [0.5, 0.6) is 0 Å². The van der Waals surface area contributed by atoms with Gasteiger partial charge in [0.2, 0.25) is 0 Å². The molecular formula is C26H20ClN3O3S. The molecule has 0 bridgehead atoms. The van der Waals surface area contributed by atoms with Crippen LogP contribution in [-0.2, 0) is 6.42 Å². The molecule has 0 fully saturated rings. The monoisotopic (exact) mass is 489 g/mol. The van der Waals surface area contributed by atoms with E-state index in [-0.39, 0.29) is 29.5 Å². The van der Waals surface area contributed by atoms with Gasteiger partial charge in [-0.3, -0.25) is 19.0 Å². The number of carbonyl (C=O) groups is 2. The van der Waals surface area contributed by atoms with E-state index in [0.29, 0.717) is 26.9 Å². The van der Waals surface area contributed by atoms with Crippen molar-refractivity contribution in [2.24, 2.45) is 0 Å². The summed E-state index contributed by atoms with van der Waals surface area (Å²) in [5, 5.41) is 6.15. The summed E-state index contributed by atoms with van der Waals surface area (Å²) >= 11 is 7.20. The molecule has 5 rings (SSSR count). The van der Waals surface area contributed by atoms with Gasteiger partial charge in [-0.15, -0.1) is 11.3 Å². The summed E-state index contributed by atoms with van der Waals surface area (Å²) in [7, 11) is 0. The number of pyridine rings is 1. The highest BCUT2D eigenvalue weighted by Gasteiger charge is 2.35. The fourth-order valence-electron chi connectivity index (χ4n) is 4.22. The van der Waals surface area contributed by atoms with E-state index in [1.165, 1.54) is 22.0 Å². The van der Waals surface area contributed by atoms with Gasteiger partial charge in [0.1, 0.15) is 0 Å². The smallest absolute Gasteiger partial charge is 0.261 e. The molecule has 1 aliphatic rings. The summed E-state index contributed by atoms with van der Waals surface area (Å²) in [6.07, 6.45) is 2.29. The molecule has 2 atom stereocenters. The molecule has 34 heavy (non-hydrogen) atoms. The maximum atomic E-state index is 13.1. The van der Waals surface area contributed by atoms with Gasteiger partial charge < -0.3 is 10.6 Å². The Morgan fingerprint density at radius 3 is 2.38 bits per heavy atom. The molecule has 0 radical (unpaired) electrons. The molecule has 0 saturated heterocycles. The van der Waals surface area contributed by atoms with E-state index < -0.39 is 0 Å². The summed E-state index contributed by atoms with van der Waals surface area (Å²) in [6.45, 7) is 0. The fourth-order valence-corrected chi connectivity index (χ4v) is 5.17. The minimum absolute atomic E-state index is 0.144. The normalized spacial score (nSPS) is 16.6. The molecule has 6 nitrogen and oxygen atoms in total. The lowest BCUT2D eigenvalue weighted by Crippen LogP contribution is -2.44. The van der Waals surface area contributed by atoms with Crippen molar-refractivity contribution in [1.82, 2.24) is 15.2 Å². The van der Waals surface area contributed by atoms with E-state index >= 15 is 0 Å². The van der Waals surface area contributed by atoms with Crippen LogP contribution in [0.1, 0.15) is 37.2 Å². The van der Waals surface area contributed by atoms with Crippen molar-refractivity contribution >= 4 is 34.8 Å². The first-order valence-corrected chi connectivity index (χ1v) is 11.9. The molecule has 4 aromatic rings. The highest BCUT2D eigenvalue weighted by atomic mass is 35.5. The van der Waals surface area contributed by atoms with Gasteiger partial charge >= 0.3 is 0 Å². The van der Waals surface area contributed by atoms with E-state index in [4.69, 9.17) is 11.6 Å². The Hall–Kier alpha value is -3.68. The lowest BCUT2D eigenvalue weighted by atomic mass is 10.1. The molecular weight excluding hydrogens is 470 g/mol. The van der Waals surface area contributed by atoms with Crippen LogP contribution in [0.4, 0.5) is 0 Å². The van der Waals surface area contributed by atoms with Gasteiger partial charge in [-0.1, -0.05) is 41.9 Å².